The van der Waals surface area contributed by atoms with Crippen LogP contribution in [0.15, 0.2) is 30.3 Å². The number of benzene rings is 2. The summed E-state index contributed by atoms with van der Waals surface area (Å²) in [5.74, 6) is 1.19. The second kappa shape index (κ2) is 9.59. The van der Waals surface area contributed by atoms with Gasteiger partial charge in [-0.1, -0.05) is 23.2 Å². The van der Waals surface area contributed by atoms with Crippen LogP contribution in [0.4, 0.5) is 11.4 Å². The van der Waals surface area contributed by atoms with Crippen molar-refractivity contribution in [2.75, 3.05) is 43.6 Å². The highest BCUT2D eigenvalue weighted by atomic mass is 35.5. The van der Waals surface area contributed by atoms with Crippen molar-refractivity contribution in [3.63, 3.8) is 0 Å². The average Bonchev–Trinajstić information content (AvgIpc) is 2.68. The molecular weight excluding hydrogens is 399 g/mol. The third kappa shape index (κ3) is 5.16. The van der Waals surface area contributed by atoms with Crippen molar-refractivity contribution in [1.29, 1.82) is 0 Å². The number of rotatable bonds is 7. The van der Waals surface area contributed by atoms with Gasteiger partial charge in [-0.25, -0.2) is 0 Å². The molecule has 0 unspecified atom stereocenters. The van der Waals surface area contributed by atoms with Gasteiger partial charge in [-0.05, 0) is 49.7 Å². The number of halogens is 2. The lowest BCUT2D eigenvalue weighted by Crippen LogP contribution is -2.36. The summed E-state index contributed by atoms with van der Waals surface area (Å²) in [6.45, 7) is 7.67. The van der Waals surface area contributed by atoms with Crippen molar-refractivity contribution in [1.82, 2.24) is 0 Å². The van der Waals surface area contributed by atoms with Crippen LogP contribution >= 0.6 is 23.2 Å². The monoisotopic (exact) mass is 424 g/mol. The first-order chi connectivity index (χ1) is 13.5. The molecule has 5 nitrogen and oxygen atoms in total. The Hall–Kier alpha value is -1.82. The number of ether oxygens (including phenoxy) is 3. The number of hydrogen-bond donors (Lipinski definition) is 1. The normalized spacial score (nSPS) is 14.3. The summed E-state index contributed by atoms with van der Waals surface area (Å²) in [6.07, 6.45) is 0.0162. The average molecular weight is 425 g/mol. The topological polar surface area (TPSA) is 43.0 Å². The first-order valence-corrected chi connectivity index (χ1v) is 10.1. The lowest BCUT2D eigenvalue weighted by molar-refractivity contribution is 0.122. The van der Waals surface area contributed by atoms with Crippen molar-refractivity contribution in [2.24, 2.45) is 0 Å². The van der Waals surface area contributed by atoms with E-state index in [-0.39, 0.29) is 6.10 Å². The van der Waals surface area contributed by atoms with E-state index in [2.05, 4.69) is 10.2 Å². The number of morpholine rings is 1. The second-order valence-electron chi connectivity index (χ2n) is 6.89. The van der Waals surface area contributed by atoms with Gasteiger partial charge < -0.3 is 24.4 Å². The van der Waals surface area contributed by atoms with Crippen molar-refractivity contribution >= 4 is 34.6 Å². The van der Waals surface area contributed by atoms with Gasteiger partial charge in [0.2, 0.25) is 0 Å². The van der Waals surface area contributed by atoms with Gasteiger partial charge in [-0.3, -0.25) is 0 Å². The number of anilines is 2. The van der Waals surface area contributed by atoms with Gasteiger partial charge in [0.15, 0.2) is 11.5 Å². The van der Waals surface area contributed by atoms with E-state index in [9.17, 15) is 0 Å². The van der Waals surface area contributed by atoms with Crippen LogP contribution in [0.25, 0.3) is 0 Å². The third-order valence-corrected chi connectivity index (χ3v) is 5.02. The summed E-state index contributed by atoms with van der Waals surface area (Å²) in [5, 5.41) is 4.65. The zero-order valence-corrected chi connectivity index (χ0v) is 17.9. The SMILES string of the molecule is COc1cc(CNc2ccc(N3CCOCC3)c(Cl)c2)cc(Cl)c1OC(C)C. The van der Waals surface area contributed by atoms with E-state index in [1.165, 1.54) is 0 Å². The number of nitrogens with one attached hydrogen (secondary N) is 1. The largest absolute Gasteiger partial charge is 0.493 e. The van der Waals surface area contributed by atoms with E-state index in [1.54, 1.807) is 7.11 Å². The van der Waals surface area contributed by atoms with Crippen LogP contribution in [0.2, 0.25) is 10.0 Å². The molecule has 1 N–H and O–H groups in total. The summed E-state index contributed by atoms with van der Waals surface area (Å²) in [4.78, 5) is 2.24. The quantitative estimate of drug-likeness (QED) is 0.658. The fourth-order valence-corrected chi connectivity index (χ4v) is 3.68. The molecule has 2 aromatic carbocycles. The predicted octanol–water partition coefficient (Wildman–Crippen LogP) is 5.24. The van der Waals surface area contributed by atoms with E-state index >= 15 is 0 Å². The molecule has 7 heteroatoms. The van der Waals surface area contributed by atoms with Crippen LogP contribution in [0.5, 0.6) is 11.5 Å². The van der Waals surface area contributed by atoms with E-state index in [0.29, 0.717) is 23.1 Å². The molecule has 0 aromatic heterocycles. The summed E-state index contributed by atoms with van der Waals surface area (Å²) in [6, 6.07) is 9.84. The smallest absolute Gasteiger partial charge is 0.180 e. The molecule has 0 radical (unpaired) electrons. The fourth-order valence-electron chi connectivity index (χ4n) is 3.11. The molecule has 1 aliphatic heterocycles. The summed E-state index contributed by atoms with van der Waals surface area (Å²) in [5.41, 5.74) is 2.97. The van der Waals surface area contributed by atoms with Crippen LogP contribution in [-0.2, 0) is 11.3 Å². The van der Waals surface area contributed by atoms with Gasteiger partial charge in [0.25, 0.3) is 0 Å². The molecule has 152 valence electrons. The first-order valence-electron chi connectivity index (χ1n) is 9.37. The molecular formula is C21H26Cl2N2O3. The highest BCUT2D eigenvalue weighted by molar-refractivity contribution is 6.33. The van der Waals surface area contributed by atoms with E-state index in [1.807, 2.05) is 44.2 Å². The molecule has 0 bridgehead atoms. The van der Waals surface area contributed by atoms with Crippen molar-refractivity contribution in [3.8, 4) is 11.5 Å². The lowest BCUT2D eigenvalue weighted by atomic mass is 10.2. The Kier molecular flexibility index (Phi) is 7.16. The summed E-state index contributed by atoms with van der Waals surface area (Å²) in [7, 11) is 1.61. The highest BCUT2D eigenvalue weighted by Gasteiger charge is 2.15. The Balaban J connectivity index is 1.70. The number of nitrogens with zero attached hydrogens (tertiary/aromatic N) is 1. The Morgan fingerprint density at radius 3 is 2.50 bits per heavy atom. The molecule has 0 saturated carbocycles. The standard InChI is InChI=1S/C21H26Cl2N2O3/c1-14(2)28-21-18(23)10-15(11-20(21)26-3)13-24-16-4-5-19(17(22)12-16)25-6-8-27-9-7-25/h4-5,10-12,14,24H,6-9,13H2,1-3H3. The maximum atomic E-state index is 6.51. The number of methoxy groups -OCH3 is 1. The van der Waals surface area contributed by atoms with Crippen LogP contribution < -0.4 is 19.7 Å². The van der Waals surface area contributed by atoms with Gasteiger partial charge in [0.1, 0.15) is 0 Å². The Labute approximate surface area is 176 Å². The Bertz CT molecular complexity index is 808. The molecule has 1 heterocycles. The van der Waals surface area contributed by atoms with Crippen LogP contribution in [0.1, 0.15) is 19.4 Å². The van der Waals surface area contributed by atoms with Gasteiger partial charge in [0, 0.05) is 25.3 Å². The molecule has 28 heavy (non-hydrogen) atoms. The lowest BCUT2D eigenvalue weighted by Gasteiger charge is -2.29. The summed E-state index contributed by atoms with van der Waals surface area (Å²) < 4.78 is 16.6. The van der Waals surface area contributed by atoms with E-state index < -0.39 is 0 Å². The van der Waals surface area contributed by atoms with Crippen molar-refractivity contribution < 1.29 is 14.2 Å². The Morgan fingerprint density at radius 2 is 1.86 bits per heavy atom. The molecule has 0 aliphatic carbocycles. The van der Waals surface area contributed by atoms with E-state index in [0.717, 1.165) is 48.3 Å². The molecule has 2 aromatic rings. The van der Waals surface area contributed by atoms with E-state index in [4.69, 9.17) is 37.4 Å². The molecule has 3 rings (SSSR count). The second-order valence-corrected chi connectivity index (χ2v) is 7.71. The van der Waals surface area contributed by atoms with Crippen LogP contribution in [-0.4, -0.2) is 39.5 Å². The number of hydrogen-bond acceptors (Lipinski definition) is 5. The minimum Gasteiger partial charge on any atom is -0.493 e. The molecule has 1 aliphatic rings. The third-order valence-electron chi connectivity index (χ3n) is 4.44. The van der Waals surface area contributed by atoms with Gasteiger partial charge >= 0.3 is 0 Å². The molecule has 0 spiro atoms. The molecule has 0 amide bonds. The maximum absolute atomic E-state index is 6.51. The fraction of sp³-hybridized carbons (Fsp3) is 0.429. The van der Waals surface area contributed by atoms with Gasteiger partial charge in [-0.2, -0.15) is 0 Å². The molecule has 0 atom stereocenters. The highest BCUT2D eigenvalue weighted by Crippen LogP contribution is 2.37. The van der Waals surface area contributed by atoms with Gasteiger partial charge in [0.05, 0.1) is 42.2 Å². The van der Waals surface area contributed by atoms with Crippen molar-refractivity contribution in [2.45, 2.75) is 26.5 Å². The summed E-state index contributed by atoms with van der Waals surface area (Å²) >= 11 is 12.9. The van der Waals surface area contributed by atoms with Crippen LogP contribution in [0, 0.1) is 0 Å². The first kappa shape index (κ1) is 20.9. The zero-order chi connectivity index (χ0) is 20.1. The minimum atomic E-state index is 0.0162. The Morgan fingerprint density at radius 1 is 1.11 bits per heavy atom. The van der Waals surface area contributed by atoms with Crippen molar-refractivity contribution in [3.05, 3.63) is 45.9 Å². The minimum absolute atomic E-state index is 0.0162. The predicted molar refractivity (Wildman–Crippen MR) is 116 cm³/mol. The van der Waals surface area contributed by atoms with Gasteiger partial charge in [-0.15, -0.1) is 0 Å². The zero-order valence-electron chi connectivity index (χ0n) is 16.4. The maximum Gasteiger partial charge on any atom is 0.180 e. The molecule has 1 fully saturated rings. The van der Waals surface area contributed by atoms with Crippen LogP contribution in [0.3, 0.4) is 0 Å². The molecule has 1 saturated heterocycles.